The molecule has 1 N–H and O–H groups in total. The van der Waals surface area contributed by atoms with Gasteiger partial charge in [0.2, 0.25) is 0 Å². The van der Waals surface area contributed by atoms with Gasteiger partial charge in [-0.1, -0.05) is 12.1 Å². The molecule has 0 saturated carbocycles. The largest absolute Gasteiger partial charge is 0.377 e. The molecule has 1 unspecified atom stereocenters. The van der Waals surface area contributed by atoms with E-state index in [2.05, 4.69) is 57.6 Å². The normalized spacial score (nSPS) is 15.1. The maximum atomic E-state index is 4.80. The Morgan fingerprint density at radius 2 is 2.00 bits per heavy atom. The molecule has 4 nitrogen and oxygen atoms in total. The maximum absolute atomic E-state index is 4.80. The van der Waals surface area contributed by atoms with Gasteiger partial charge >= 0.3 is 0 Å². The molecular formula is C19H22N4S. The molecule has 1 aromatic carbocycles. The highest BCUT2D eigenvalue weighted by atomic mass is 32.1. The average Bonchev–Trinajstić information content (AvgIpc) is 3.21. The van der Waals surface area contributed by atoms with E-state index in [1.54, 1.807) is 11.3 Å². The molecule has 1 atom stereocenters. The minimum absolute atomic E-state index is 0.209. The lowest BCUT2D eigenvalue weighted by molar-refractivity contribution is 0.522. The van der Waals surface area contributed by atoms with Gasteiger partial charge in [0.15, 0.2) is 0 Å². The van der Waals surface area contributed by atoms with Crippen LogP contribution in [0.5, 0.6) is 0 Å². The van der Waals surface area contributed by atoms with Gasteiger partial charge in [-0.15, -0.1) is 11.3 Å². The number of aromatic nitrogens is 3. The van der Waals surface area contributed by atoms with Gasteiger partial charge in [-0.25, -0.2) is 9.97 Å². The quantitative estimate of drug-likeness (QED) is 0.741. The molecular weight excluding hydrogens is 316 g/mol. The van der Waals surface area contributed by atoms with Gasteiger partial charge in [-0.3, -0.25) is 0 Å². The predicted molar refractivity (Wildman–Crippen MR) is 99.5 cm³/mol. The monoisotopic (exact) mass is 338 g/mol. The minimum atomic E-state index is 0.209. The second-order valence-corrected chi connectivity index (χ2v) is 7.49. The topological polar surface area (TPSA) is 42.7 Å². The van der Waals surface area contributed by atoms with E-state index in [4.69, 9.17) is 4.98 Å². The highest BCUT2D eigenvalue weighted by Crippen LogP contribution is 2.26. The molecule has 0 radical (unpaired) electrons. The fourth-order valence-corrected chi connectivity index (χ4v) is 3.90. The van der Waals surface area contributed by atoms with Crippen molar-refractivity contribution in [1.82, 2.24) is 14.5 Å². The molecule has 0 saturated heterocycles. The average molecular weight is 338 g/mol. The van der Waals surface area contributed by atoms with Crippen LogP contribution in [0.1, 0.15) is 42.3 Å². The molecule has 3 aromatic rings. The van der Waals surface area contributed by atoms with E-state index in [1.807, 2.05) is 6.92 Å². The van der Waals surface area contributed by atoms with Crippen molar-refractivity contribution >= 4 is 17.0 Å². The molecule has 3 heterocycles. The molecule has 124 valence electrons. The number of hydrogen-bond donors (Lipinski definition) is 1. The van der Waals surface area contributed by atoms with Crippen LogP contribution in [-0.2, 0) is 13.0 Å². The summed E-state index contributed by atoms with van der Waals surface area (Å²) in [5.74, 6) is 1.23. The van der Waals surface area contributed by atoms with Crippen molar-refractivity contribution in [3.8, 4) is 11.3 Å². The smallest absolute Gasteiger partial charge is 0.109 e. The first kappa shape index (κ1) is 15.4. The number of aryl methyl sites for hydroxylation is 3. The number of anilines is 1. The Morgan fingerprint density at radius 3 is 2.71 bits per heavy atom. The zero-order valence-corrected chi connectivity index (χ0v) is 14.9. The second-order valence-electron chi connectivity index (χ2n) is 6.43. The van der Waals surface area contributed by atoms with Crippen molar-refractivity contribution in [2.24, 2.45) is 0 Å². The first-order valence-corrected chi connectivity index (χ1v) is 9.42. The van der Waals surface area contributed by atoms with Crippen LogP contribution < -0.4 is 5.32 Å². The predicted octanol–water partition coefficient (Wildman–Crippen LogP) is 4.82. The standard InChI is InChI=1S/C19H22N4S/c1-13(18-12-24-14(2)21-18)20-16-8-6-15(7-9-16)17-11-23-10-4-3-5-19(23)22-17/h6-9,11-13,20H,3-5,10H2,1-2H3. The molecule has 24 heavy (non-hydrogen) atoms. The number of thiazole rings is 1. The zero-order chi connectivity index (χ0) is 16.5. The third kappa shape index (κ3) is 3.08. The molecule has 0 spiro atoms. The number of hydrogen-bond acceptors (Lipinski definition) is 4. The summed E-state index contributed by atoms with van der Waals surface area (Å²) in [7, 11) is 0. The van der Waals surface area contributed by atoms with Crippen LogP contribution in [0.4, 0.5) is 5.69 Å². The van der Waals surface area contributed by atoms with E-state index >= 15 is 0 Å². The van der Waals surface area contributed by atoms with Gasteiger partial charge in [0.1, 0.15) is 5.82 Å². The van der Waals surface area contributed by atoms with Gasteiger partial charge < -0.3 is 9.88 Å². The summed E-state index contributed by atoms with van der Waals surface area (Å²) in [6.07, 6.45) is 5.81. The maximum Gasteiger partial charge on any atom is 0.109 e. The van der Waals surface area contributed by atoms with Crippen LogP contribution >= 0.6 is 11.3 Å². The van der Waals surface area contributed by atoms with Gasteiger partial charge in [0, 0.05) is 35.8 Å². The molecule has 2 aromatic heterocycles. The summed E-state index contributed by atoms with van der Waals surface area (Å²) in [5.41, 5.74) is 4.48. The summed E-state index contributed by atoms with van der Waals surface area (Å²) in [5, 5.41) is 6.75. The van der Waals surface area contributed by atoms with Gasteiger partial charge in [0.25, 0.3) is 0 Å². The Morgan fingerprint density at radius 1 is 1.17 bits per heavy atom. The van der Waals surface area contributed by atoms with Crippen molar-refractivity contribution in [2.75, 3.05) is 5.32 Å². The van der Waals surface area contributed by atoms with Crippen LogP contribution in [0, 0.1) is 6.92 Å². The van der Waals surface area contributed by atoms with Crippen LogP contribution in [0.25, 0.3) is 11.3 Å². The molecule has 0 bridgehead atoms. The van der Waals surface area contributed by atoms with E-state index in [0.29, 0.717) is 0 Å². The molecule has 0 aliphatic carbocycles. The van der Waals surface area contributed by atoms with Gasteiger partial charge in [-0.05, 0) is 38.8 Å². The SMILES string of the molecule is Cc1nc(C(C)Nc2ccc(-c3cn4c(n3)CCCC4)cc2)cs1. The van der Waals surface area contributed by atoms with E-state index in [9.17, 15) is 0 Å². The Labute approximate surface area is 146 Å². The summed E-state index contributed by atoms with van der Waals surface area (Å²) < 4.78 is 2.30. The zero-order valence-electron chi connectivity index (χ0n) is 14.1. The number of rotatable bonds is 4. The molecule has 1 aliphatic rings. The first-order chi connectivity index (χ1) is 11.7. The number of nitrogens with one attached hydrogen (secondary N) is 1. The van der Waals surface area contributed by atoms with E-state index < -0.39 is 0 Å². The van der Waals surface area contributed by atoms with Crippen LogP contribution in [-0.4, -0.2) is 14.5 Å². The van der Waals surface area contributed by atoms with Crippen LogP contribution in [0.2, 0.25) is 0 Å². The van der Waals surface area contributed by atoms with Crippen LogP contribution in [0.15, 0.2) is 35.8 Å². The minimum Gasteiger partial charge on any atom is -0.377 e. The molecule has 1 aliphatic heterocycles. The van der Waals surface area contributed by atoms with Gasteiger partial charge in [0.05, 0.1) is 22.4 Å². The number of benzene rings is 1. The molecule has 5 heteroatoms. The number of imidazole rings is 1. The Hall–Kier alpha value is -2.14. The van der Waals surface area contributed by atoms with E-state index in [0.717, 1.165) is 35.0 Å². The molecule has 0 fully saturated rings. The third-order valence-electron chi connectivity index (χ3n) is 4.55. The number of fused-ring (bicyclic) bond motifs is 1. The highest BCUT2D eigenvalue weighted by molar-refractivity contribution is 7.09. The first-order valence-electron chi connectivity index (χ1n) is 8.54. The van der Waals surface area contributed by atoms with E-state index in [-0.39, 0.29) is 6.04 Å². The van der Waals surface area contributed by atoms with Crippen molar-refractivity contribution in [3.63, 3.8) is 0 Å². The van der Waals surface area contributed by atoms with Crippen LogP contribution in [0.3, 0.4) is 0 Å². The molecule has 0 amide bonds. The fourth-order valence-electron chi connectivity index (χ4n) is 3.19. The van der Waals surface area contributed by atoms with Crippen molar-refractivity contribution in [2.45, 2.75) is 45.7 Å². The summed E-state index contributed by atoms with van der Waals surface area (Å²) in [4.78, 5) is 9.35. The lowest BCUT2D eigenvalue weighted by Crippen LogP contribution is -2.08. The second kappa shape index (κ2) is 6.40. The third-order valence-corrected chi connectivity index (χ3v) is 5.34. The Kier molecular flexibility index (Phi) is 4.10. The highest BCUT2D eigenvalue weighted by Gasteiger charge is 2.13. The van der Waals surface area contributed by atoms with Gasteiger partial charge in [-0.2, -0.15) is 0 Å². The lowest BCUT2D eigenvalue weighted by atomic mass is 10.1. The lowest BCUT2D eigenvalue weighted by Gasteiger charge is -2.13. The molecule has 4 rings (SSSR count). The van der Waals surface area contributed by atoms with E-state index in [1.165, 1.54) is 24.2 Å². The Bertz CT molecular complexity index is 808. The number of nitrogens with zero attached hydrogens (tertiary/aromatic N) is 3. The van der Waals surface area contributed by atoms with Crippen molar-refractivity contribution < 1.29 is 0 Å². The summed E-state index contributed by atoms with van der Waals surface area (Å²) in [6.45, 7) is 5.29. The Balaban J connectivity index is 1.49. The van der Waals surface area contributed by atoms with Crippen molar-refractivity contribution in [1.29, 1.82) is 0 Å². The summed E-state index contributed by atoms with van der Waals surface area (Å²) in [6, 6.07) is 8.76. The van der Waals surface area contributed by atoms with Crippen molar-refractivity contribution in [3.05, 3.63) is 52.4 Å². The summed E-state index contributed by atoms with van der Waals surface area (Å²) >= 11 is 1.69. The fraction of sp³-hybridized carbons (Fsp3) is 0.368.